The van der Waals surface area contributed by atoms with Crippen LogP contribution in [0.4, 0.5) is 8.78 Å². The molecular formula is C20H24F2N2. The van der Waals surface area contributed by atoms with Crippen LogP contribution in [-0.4, -0.2) is 37.1 Å². The molecule has 24 heavy (non-hydrogen) atoms. The van der Waals surface area contributed by atoms with E-state index in [-0.39, 0.29) is 23.6 Å². The molecule has 2 nitrogen and oxygen atoms in total. The van der Waals surface area contributed by atoms with Gasteiger partial charge in [-0.05, 0) is 36.2 Å². The van der Waals surface area contributed by atoms with Gasteiger partial charge in [0.2, 0.25) is 0 Å². The minimum absolute atomic E-state index is 0.0347. The second-order valence-electron chi connectivity index (χ2n) is 6.33. The van der Waals surface area contributed by atoms with Crippen molar-refractivity contribution in [2.24, 2.45) is 0 Å². The summed E-state index contributed by atoms with van der Waals surface area (Å²) in [7, 11) is 0. The Morgan fingerprint density at radius 1 is 1.04 bits per heavy atom. The van der Waals surface area contributed by atoms with Crippen molar-refractivity contribution in [1.82, 2.24) is 10.2 Å². The highest BCUT2D eigenvalue weighted by Crippen LogP contribution is 2.34. The molecule has 1 heterocycles. The maximum atomic E-state index is 14.6. The topological polar surface area (TPSA) is 15.3 Å². The third kappa shape index (κ3) is 3.50. The van der Waals surface area contributed by atoms with E-state index in [1.807, 2.05) is 12.1 Å². The fourth-order valence-corrected chi connectivity index (χ4v) is 3.70. The molecule has 1 aliphatic rings. The lowest BCUT2D eigenvalue weighted by Gasteiger charge is -2.41. The Labute approximate surface area is 142 Å². The van der Waals surface area contributed by atoms with Crippen molar-refractivity contribution < 1.29 is 8.78 Å². The Balaban J connectivity index is 2.08. The Morgan fingerprint density at radius 2 is 1.62 bits per heavy atom. The van der Waals surface area contributed by atoms with Crippen LogP contribution in [0.15, 0.2) is 48.5 Å². The lowest BCUT2D eigenvalue weighted by molar-refractivity contribution is 0.145. The van der Waals surface area contributed by atoms with E-state index < -0.39 is 0 Å². The van der Waals surface area contributed by atoms with Gasteiger partial charge in [0.25, 0.3) is 0 Å². The van der Waals surface area contributed by atoms with Crippen LogP contribution in [0, 0.1) is 11.6 Å². The number of benzene rings is 2. The number of piperazine rings is 1. The number of halogens is 2. The van der Waals surface area contributed by atoms with Crippen LogP contribution in [0.2, 0.25) is 0 Å². The molecule has 1 fully saturated rings. The zero-order valence-electron chi connectivity index (χ0n) is 14.0. The number of hydrogen-bond donors (Lipinski definition) is 1. The van der Waals surface area contributed by atoms with Gasteiger partial charge in [-0.15, -0.1) is 0 Å². The van der Waals surface area contributed by atoms with E-state index in [1.54, 1.807) is 24.3 Å². The molecule has 0 saturated carbocycles. The molecule has 1 unspecified atom stereocenters. The first-order valence-corrected chi connectivity index (χ1v) is 8.66. The second kappa shape index (κ2) is 7.86. The highest BCUT2D eigenvalue weighted by Gasteiger charge is 2.34. The average molecular weight is 330 g/mol. The predicted molar refractivity (Wildman–Crippen MR) is 93.2 cm³/mol. The highest BCUT2D eigenvalue weighted by atomic mass is 19.1. The fraction of sp³-hybridized carbons (Fsp3) is 0.400. The number of hydrogen-bond acceptors (Lipinski definition) is 2. The summed E-state index contributed by atoms with van der Waals surface area (Å²) in [6.45, 7) is 5.62. The van der Waals surface area contributed by atoms with Gasteiger partial charge in [-0.2, -0.15) is 0 Å². The summed E-state index contributed by atoms with van der Waals surface area (Å²) in [6, 6.07) is 13.5. The number of rotatable bonds is 5. The van der Waals surface area contributed by atoms with Crippen molar-refractivity contribution in [2.75, 3.05) is 26.2 Å². The van der Waals surface area contributed by atoms with Crippen molar-refractivity contribution in [1.29, 1.82) is 0 Å². The Hall–Kier alpha value is -1.78. The summed E-state index contributed by atoms with van der Waals surface area (Å²) in [5, 5.41) is 3.40. The molecule has 0 aliphatic carbocycles. The zero-order valence-corrected chi connectivity index (χ0v) is 14.0. The first kappa shape index (κ1) is 17.1. The van der Waals surface area contributed by atoms with Gasteiger partial charge in [0.15, 0.2) is 0 Å². The largest absolute Gasteiger partial charge is 0.314 e. The highest BCUT2D eigenvalue weighted by molar-refractivity contribution is 5.36. The second-order valence-corrected chi connectivity index (χ2v) is 6.33. The monoisotopic (exact) mass is 330 g/mol. The van der Waals surface area contributed by atoms with Crippen molar-refractivity contribution in [2.45, 2.75) is 25.3 Å². The smallest absolute Gasteiger partial charge is 0.127 e. The van der Waals surface area contributed by atoms with E-state index >= 15 is 0 Å². The van der Waals surface area contributed by atoms with Crippen LogP contribution in [0.1, 0.15) is 30.4 Å². The van der Waals surface area contributed by atoms with Crippen LogP contribution in [0.5, 0.6) is 0 Å². The fourth-order valence-electron chi connectivity index (χ4n) is 3.70. The van der Waals surface area contributed by atoms with E-state index in [9.17, 15) is 8.78 Å². The van der Waals surface area contributed by atoms with E-state index in [1.165, 1.54) is 12.1 Å². The number of nitrogens with zero attached hydrogens (tertiary/aromatic N) is 1. The standard InChI is InChI=1S/C20H24F2N2/c1-2-12-24-13-11-23-14-19(24)20(15-7-3-5-9-17(15)21)16-8-4-6-10-18(16)22/h3-10,19-20,23H,2,11-14H2,1H3. The van der Waals surface area contributed by atoms with Crippen LogP contribution >= 0.6 is 0 Å². The van der Waals surface area contributed by atoms with E-state index in [4.69, 9.17) is 0 Å². The Bertz CT molecular complexity index is 627. The van der Waals surface area contributed by atoms with Gasteiger partial charge in [-0.1, -0.05) is 43.3 Å². The van der Waals surface area contributed by atoms with Crippen LogP contribution in [0.25, 0.3) is 0 Å². The zero-order chi connectivity index (χ0) is 16.9. The lowest BCUT2D eigenvalue weighted by Crippen LogP contribution is -2.54. The summed E-state index contributed by atoms with van der Waals surface area (Å²) < 4.78 is 29.1. The van der Waals surface area contributed by atoms with Gasteiger partial charge in [0.1, 0.15) is 11.6 Å². The molecule has 2 aromatic carbocycles. The molecule has 128 valence electrons. The molecule has 0 radical (unpaired) electrons. The molecule has 4 heteroatoms. The van der Waals surface area contributed by atoms with Gasteiger partial charge < -0.3 is 5.32 Å². The molecule has 1 N–H and O–H groups in total. The van der Waals surface area contributed by atoms with Gasteiger partial charge in [0, 0.05) is 31.6 Å². The van der Waals surface area contributed by atoms with Crippen molar-refractivity contribution >= 4 is 0 Å². The van der Waals surface area contributed by atoms with Crippen molar-refractivity contribution in [3.8, 4) is 0 Å². The first-order chi connectivity index (χ1) is 11.7. The van der Waals surface area contributed by atoms with E-state index in [0.717, 1.165) is 32.6 Å². The third-order valence-corrected chi connectivity index (χ3v) is 4.77. The van der Waals surface area contributed by atoms with Crippen LogP contribution in [0.3, 0.4) is 0 Å². The van der Waals surface area contributed by atoms with Crippen molar-refractivity contribution in [3.63, 3.8) is 0 Å². The summed E-state index contributed by atoms with van der Waals surface area (Å²) in [6.07, 6.45) is 1.03. The van der Waals surface area contributed by atoms with Crippen LogP contribution < -0.4 is 5.32 Å². The first-order valence-electron chi connectivity index (χ1n) is 8.66. The molecule has 2 aromatic rings. The number of nitrogens with one attached hydrogen (secondary N) is 1. The SMILES string of the molecule is CCCN1CCNCC1C(c1ccccc1F)c1ccccc1F. The minimum atomic E-state index is -0.327. The quantitative estimate of drug-likeness (QED) is 0.897. The van der Waals surface area contributed by atoms with E-state index in [0.29, 0.717) is 11.1 Å². The molecule has 0 amide bonds. The van der Waals surface area contributed by atoms with E-state index in [2.05, 4.69) is 17.1 Å². The normalized spacial score (nSPS) is 18.9. The summed E-state index contributed by atoms with van der Waals surface area (Å²) >= 11 is 0. The van der Waals surface area contributed by atoms with Gasteiger partial charge in [0.05, 0.1) is 0 Å². The molecule has 1 aliphatic heterocycles. The maximum Gasteiger partial charge on any atom is 0.127 e. The van der Waals surface area contributed by atoms with Gasteiger partial charge >= 0.3 is 0 Å². The molecule has 1 atom stereocenters. The predicted octanol–water partition coefficient (Wildman–Crippen LogP) is 3.78. The summed E-state index contributed by atoms with van der Waals surface area (Å²) in [5.41, 5.74) is 1.13. The summed E-state index contributed by atoms with van der Waals surface area (Å²) in [5.74, 6) is -0.868. The maximum absolute atomic E-state index is 14.6. The average Bonchev–Trinajstić information content (AvgIpc) is 2.60. The molecule has 0 spiro atoms. The Kier molecular flexibility index (Phi) is 5.59. The van der Waals surface area contributed by atoms with Gasteiger partial charge in [-0.25, -0.2) is 8.78 Å². The third-order valence-electron chi connectivity index (χ3n) is 4.77. The summed E-state index contributed by atoms with van der Waals surface area (Å²) in [4.78, 5) is 2.36. The molecule has 0 aromatic heterocycles. The lowest BCUT2D eigenvalue weighted by atomic mass is 9.82. The molecule has 1 saturated heterocycles. The van der Waals surface area contributed by atoms with Gasteiger partial charge in [-0.3, -0.25) is 4.90 Å². The molecular weight excluding hydrogens is 306 g/mol. The minimum Gasteiger partial charge on any atom is -0.314 e. The van der Waals surface area contributed by atoms with Crippen LogP contribution in [-0.2, 0) is 0 Å². The van der Waals surface area contributed by atoms with Crippen molar-refractivity contribution in [3.05, 3.63) is 71.3 Å². The Morgan fingerprint density at radius 3 is 2.17 bits per heavy atom. The molecule has 0 bridgehead atoms. The molecule has 3 rings (SSSR count).